The Morgan fingerprint density at radius 2 is 2.37 bits per heavy atom. The molecule has 0 saturated heterocycles. The third kappa shape index (κ3) is 2.54. The number of ether oxygens (including phenoxy) is 1. The second kappa shape index (κ2) is 4.91. The summed E-state index contributed by atoms with van der Waals surface area (Å²) in [5.74, 6) is 0.530. The number of hydrogen-bond donors (Lipinski definition) is 1. The normalized spacial score (nSPS) is 18.3. The minimum Gasteiger partial charge on any atom is -0.493 e. The van der Waals surface area contributed by atoms with Crippen molar-refractivity contribution in [2.24, 2.45) is 7.05 Å². The molecule has 2 heterocycles. The Hall–Kier alpha value is -2.04. The maximum Gasteiger partial charge on any atom is 0.124 e. The van der Waals surface area contributed by atoms with E-state index in [4.69, 9.17) is 4.74 Å². The van der Waals surface area contributed by atoms with Gasteiger partial charge in [-0.25, -0.2) is 4.39 Å². The van der Waals surface area contributed by atoms with E-state index >= 15 is 0 Å². The van der Waals surface area contributed by atoms with E-state index in [1.807, 2.05) is 13.2 Å². The third-order valence-corrected chi connectivity index (χ3v) is 3.29. The fourth-order valence-electron chi connectivity index (χ4n) is 2.40. The zero-order chi connectivity index (χ0) is 13.2. The van der Waals surface area contributed by atoms with E-state index in [9.17, 15) is 4.39 Å². The minimum atomic E-state index is -0.234. The lowest BCUT2D eigenvalue weighted by atomic mass is 10.0. The molecule has 0 bridgehead atoms. The third-order valence-electron chi connectivity index (χ3n) is 3.29. The lowest BCUT2D eigenvalue weighted by molar-refractivity contribution is 0.316. The van der Waals surface area contributed by atoms with Crippen molar-refractivity contribution in [3.63, 3.8) is 0 Å². The van der Waals surface area contributed by atoms with Gasteiger partial charge in [0.15, 0.2) is 0 Å². The van der Waals surface area contributed by atoms with Crippen LogP contribution in [0.25, 0.3) is 0 Å². The standard InChI is InChI=1S/C14H16FN3O/c1-18-9-11(8-16-18)17-13-3-2-6-19-14-5-4-10(15)7-12(13)14/h4-5,7-9,13,17H,2-3,6H2,1H3/t13-/m0/s1. The number of aromatic nitrogens is 2. The van der Waals surface area contributed by atoms with Crippen LogP contribution in [0.15, 0.2) is 30.6 Å². The number of benzene rings is 1. The first-order chi connectivity index (χ1) is 9.22. The van der Waals surface area contributed by atoms with Crippen LogP contribution in [0, 0.1) is 5.82 Å². The molecular weight excluding hydrogens is 245 g/mol. The Bertz CT molecular complexity index is 582. The highest BCUT2D eigenvalue weighted by molar-refractivity contribution is 5.46. The monoisotopic (exact) mass is 261 g/mol. The Morgan fingerprint density at radius 3 is 3.16 bits per heavy atom. The summed E-state index contributed by atoms with van der Waals surface area (Å²) in [6.45, 7) is 0.670. The van der Waals surface area contributed by atoms with E-state index in [1.165, 1.54) is 6.07 Å². The zero-order valence-electron chi connectivity index (χ0n) is 10.8. The predicted octanol–water partition coefficient (Wildman–Crippen LogP) is 2.89. The van der Waals surface area contributed by atoms with Gasteiger partial charge in [-0.2, -0.15) is 5.10 Å². The first-order valence-electron chi connectivity index (χ1n) is 6.40. The van der Waals surface area contributed by atoms with E-state index < -0.39 is 0 Å². The molecule has 2 aromatic rings. The number of hydrogen-bond acceptors (Lipinski definition) is 3. The SMILES string of the molecule is Cn1cc(N[C@H]2CCCOc3ccc(F)cc32)cn1. The van der Waals surface area contributed by atoms with Gasteiger partial charge in [0.25, 0.3) is 0 Å². The molecule has 1 atom stereocenters. The maximum absolute atomic E-state index is 13.4. The molecule has 1 aliphatic heterocycles. The quantitative estimate of drug-likeness (QED) is 0.903. The van der Waals surface area contributed by atoms with E-state index in [2.05, 4.69) is 10.4 Å². The predicted molar refractivity (Wildman–Crippen MR) is 70.7 cm³/mol. The van der Waals surface area contributed by atoms with Crippen molar-refractivity contribution in [2.75, 3.05) is 11.9 Å². The van der Waals surface area contributed by atoms with E-state index in [1.54, 1.807) is 23.0 Å². The molecule has 1 N–H and O–H groups in total. The summed E-state index contributed by atoms with van der Waals surface area (Å²) in [6, 6.07) is 4.74. The summed E-state index contributed by atoms with van der Waals surface area (Å²) < 4.78 is 20.8. The zero-order valence-corrected chi connectivity index (χ0v) is 10.8. The largest absolute Gasteiger partial charge is 0.493 e. The van der Waals surface area contributed by atoms with Gasteiger partial charge in [-0.05, 0) is 31.0 Å². The van der Waals surface area contributed by atoms with Crippen LogP contribution in [0.1, 0.15) is 24.4 Å². The highest BCUT2D eigenvalue weighted by Gasteiger charge is 2.20. The molecule has 19 heavy (non-hydrogen) atoms. The molecule has 0 unspecified atom stereocenters. The van der Waals surface area contributed by atoms with Crippen molar-refractivity contribution in [1.82, 2.24) is 9.78 Å². The van der Waals surface area contributed by atoms with Crippen molar-refractivity contribution in [3.05, 3.63) is 42.0 Å². The van der Waals surface area contributed by atoms with Crippen LogP contribution in [0.2, 0.25) is 0 Å². The van der Waals surface area contributed by atoms with Gasteiger partial charge in [0.1, 0.15) is 11.6 Å². The van der Waals surface area contributed by atoms with Crippen molar-refractivity contribution >= 4 is 5.69 Å². The highest BCUT2D eigenvalue weighted by Crippen LogP contribution is 2.34. The van der Waals surface area contributed by atoms with Crippen LogP contribution in [0.3, 0.4) is 0 Å². The summed E-state index contributed by atoms with van der Waals surface area (Å²) in [5.41, 5.74) is 1.81. The van der Waals surface area contributed by atoms with Crippen molar-refractivity contribution in [1.29, 1.82) is 0 Å². The van der Waals surface area contributed by atoms with Crippen LogP contribution in [0.5, 0.6) is 5.75 Å². The van der Waals surface area contributed by atoms with Crippen molar-refractivity contribution in [2.45, 2.75) is 18.9 Å². The molecule has 0 radical (unpaired) electrons. The average molecular weight is 261 g/mol. The van der Waals surface area contributed by atoms with Gasteiger partial charge in [0.2, 0.25) is 0 Å². The lowest BCUT2D eigenvalue weighted by Crippen LogP contribution is -2.10. The molecule has 3 rings (SSSR count). The van der Waals surface area contributed by atoms with E-state index in [0.29, 0.717) is 6.61 Å². The molecule has 0 saturated carbocycles. The summed E-state index contributed by atoms with van der Waals surface area (Å²) in [5, 5.41) is 7.52. The molecule has 1 aliphatic rings. The van der Waals surface area contributed by atoms with Crippen molar-refractivity contribution in [3.8, 4) is 5.75 Å². The van der Waals surface area contributed by atoms with Gasteiger partial charge in [-0.15, -0.1) is 0 Å². The molecule has 0 amide bonds. The number of anilines is 1. The fraction of sp³-hybridized carbons (Fsp3) is 0.357. The summed E-state index contributed by atoms with van der Waals surface area (Å²) in [6.07, 6.45) is 5.52. The number of nitrogens with zero attached hydrogens (tertiary/aromatic N) is 2. The molecule has 100 valence electrons. The summed E-state index contributed by atoms with van der Waals surface area (Å²) in [4.78, 5) is 0. The topological polar surface area (TPSA) is 39.1 Å². The molecular formula is C14H16FN3O. The average Bonchev–Trinajstić information content (AvgIpc) is 2.69. The van der Waals surface area contributed by atoms with Crippen molar-refractivity contribution < 1.29 is 9.13 Å². The van der Waals surface area contributed by atoms with E-state index in [-0.39, 0.29) is 11.9 Å². The summed E-state index contributed by atoms with van der Waals surface area (Å²) in [7, 11) is 1.87. The molecule has 0 aliphatic carbocycles. The van der Waals surface area contributed by atoms with E-state index in [0.717, 1.165) is 29.8 Å². The Balaban J connectivity index is 1.91. The molecule has 0 spiro atoms. The van der Waals surface area contributed by atoms with Gasteiger partial charge >= 0.3 is 0 Å². The molecule has 1 aromatic heterocycles. The van der Waals surface area contributed by atoms with Crippen LogP contribution in [-0.4, -0.2) is 16.4 Å². The number of fused-ring (bicyclic) bond motifs is 1. The van der Waals surface area contributed by atoms with Crippen LogP contribution in [0.4, 0.5) is 10.1 Å². The minimum absolute atomic E-state index is 0.0531. The second-order valence-electron chi connectivity index (χ2n) is 4.77. The first kappa shape index (κ1) is 12.0. The smallest absolute Gasteiger partial charge is 0.124 e. The van der Waals surface area contributed by atoms with Gasteiger partial charge in [-0.1, -0.05) is 0 Å². The number of rotatable bonds is 2. The molecule has 1 aromatic carbocycles. The van der Waals surface area contributed by atoms with Crippen LogP contribution < -0.4 is 10.1 Å². The maximum atomic E-state index is 13.4. The summed E-state index contributed by atoms with van der Waals surface area (Å²) >= 11 is 0. The number of halogens is 1. The Morgan fingerprint density at radius 1 is 1.47 bits per heavy atom. The molecule has 4 nitrogen and oxygen atoms in total. The second-order valence-corrected chi connectivity index (χ2v) is 4.77. The Kier molecular flexibility index (Phi) is 3.11. The van der Waals surface area contributed by atoms with Gasteiger partial charge in [-0.3, -0.25) is 4.68 Å². The Labute approximate surface area is 111 Å². The first-order valence-corrected chi connectivity index (χ1v) is 6.40. The highest BCUT2D eigenvalue weighted by atomic mass is 19.1. The number of aryl methyl sites for hydroxylation is 1. The lowest BCUT2D eigenvalue weighted by Gasteiger charge is -2.18. The molecule has 5 heteroatoms. The van der Waals surface area contributed by atoms with Gasteiger partial charge < -0.3 is 10.1 Å². The fourth-order valence-corrected chi connectivity index (χ4v) is 2.40. The molecule has 0 fully saturated rings. The van der Waals surface area contributed by atoms with Crippen LogP contribution in [-0.2, 0) is 7.05 Å². The number of nitrogens with one attached hydrogen (secondary N) is 1. The van der Waals surface area contributed by atoms with Crippen LogP contribution >= 0.6 is 0 Å². The van der Waals surface area contributed by atoms with Gasteiger partial charge in [0.05, 0.1) is 24.5 Å². The van der Waals surface area contributed by atoms with Gasteiger partial charge in [0, 0.05) is 18.8 Å².